The molecule has 0 radical (unpaired) electrons. The number of hydrogen-bond donors (Lipinski definition) is 1. The summed E-state index contributed by atoms with van der Waals surface area (Å²) in [4.78, 5) is 20.1. The van der Waals surface area contributed by atoms with E-state index in [9.17, 15) is 4.79 Å². The van der Waals surface area contributed by atoms with Crippen LogP contribution in [0.15, 0.2) is 42.5 Å². The molecule has 0 spiro atoms. The lowest BCUT2D eigenvalue weighted by atomic mass is 9.99. The number of aryl methyl sites for hydroxylation is 1. The Morgan fingerprint density at radius 1 is 1.03 bits per heavy atom. The summed E-state index contributed by atoms with van der Waals surface area (Å²) in [6.45, 7) is 11.5. The monoisotopic (exact) mass is 461 g/mol. The minimum absolute atomic E-state index is 0.0735. The van der Waals surface area contributed by atoms with Crippen LogP contribution < -0.4 is 19.7 Å². The Bertz CT molecular complexity index is 1150. The molecule has 2 heterocycles. The molecule has 0 unspecified atom stereocenters. The van der Waals surface area contributed by atoms with Crippen molar-refractivity contribution in [2.75, 3.05) is 36.5 Å². The van der Waals surface area contributed by atoms with Crippen LogP contribution in [0.5, 0.6) is 11.5 Å². The molecule has 0 aliphatic carbocycles. The van der Waals surface area contributed by atoms with Crippen LogP contribution in [0, 0.1) is 12.8 Å². The maximum atomic E-state index is 12.8. The minimum atomic E-state index is -0.0735. The van der Waals surface area contributed by atoms with Crippen molar-refractivity contribution in [1.82, 2.24) is 4.98 Å². The van der Waals surface area contributed by atoms with E-state index in [-0.39, 0.29) is 12.3 Å². The molecule has 6 nitrogen and oxygen atoms in total. The number of nitrogens with one attached hydrogen (secondary N) is 1. The van der Waals surface area contributed by atoms with Crippen molar-refractivity contribution < 1.29 is 14.3 Å². The first-order valence-corrected chi connectivity index (χ1v) is 12.3. The summed E-state index contributed by atoms with van der Waals surface area (Å²) in [5.74, 6) is 3.13. The van der Waals surface area contributed by atoms with Gasteiger partial charge < -0.3 is 19.7 Å². The van der Waals surface area contributed by atoms with Crippen molar-refractivity contribution in [3.63, 3.8) is 0 Å². The number of benzene rings is 2. The van der Waals surface area contributed by atoms with Crippen LogP contribution in [0.4, 0.5) is 11.5 Å². The average molecular weight is 462 g/mol. The lowest BCUT2D eigenvalue weighted by Crippen LogP contribution is -2.33. The second-order valence-electron chi connectivity index (χ2n) is 9.07. The van der Waals surface area contributed by atoms with Gasteiger partial charge in [0.05, 0.1) is 25.2 Å². The number of anilines is 2. The number of rotatable bonds is 8. The predicted octanol–water partition coefficient (Wildman–Crippen LogP) is 5.76. The van der Waals surface area contributed by atoms with Gasteiger partial charge in [0.2, 0.25) is 5.91 Å². The van der Waals surface area contributed by atoms with Crippen molar-refractivity contribution in [1.29, 1.82) is 0 Å². The Labute approximate surface area is 202 Å². The Morgan fingerprint density at radius 2 is 1.76 bits per heavy atom. The second kappa shape index (κ2) is 10.8. The number of nitrogens with zero attached hydrogens (tertiary/aromatic N) is 2. The molecule has 1 aromatic heterocycles. The number of pyridine rings is 1. The highest BCUT2D eigenvalue weighted by Gasteiger charge is 2.18. The molecule has 3 aromatic rings. The number of aromatic nitrogens is 1. The van der Waals surface area contributed by atoms with E-state index < -0.39 is 0 Å². The third-order valence-corrected chi connectivity index (χ3v) is 6.37. The first kappa shape index (κ1) is 23.9. The normalized spacial score (nSPS) is 14.3. The molecule has 1 fully saturated rings. The molecular weight excluding hydrogens is 426 g/mol. The molecule has 34 heavy (non-hydrogen) atoms. The van der Waals surface area contributed by atoms with Gasteiger partial charge in [0.25, 0.3) is 0 Å². The van der Waals surface area contributed by atoms with E-state index in [2.05, 4.69) is 30.1 Å². The van der Waals surface area contributed by atoms with Crippen LogP contribution in [0.3, 0.4) is 0 Å². The highest BCUT2D eigenvalue weighted by Crippen LogP contribution is 2.30. The maximum absolute atomic E-state index is 12.8. The third kappa shape index (κ3) is 5.61. The van der Waals surface area contributed by atoms with Gasteiger partial charge in [-0.05, 0) is 87.1 Å². The zero-order valence-corrected chi connectivity index (χ0v) is 20.7. The summed E-state index contributed by atoms with van der Waals surface area (Å²) >= 11 is 0. The average Bonchev–Trinajstić information content (AvgIpc) is 2.82. The Kier molecular flexibility index (Phi) is 7.56. The van der Waals surface area contributed by atoms with E-state index in [1.807, 2.05) is 50.2 Å². The largest absolute Gasteiger partial charge is 0.490 e. The Balaban J connectivity index is 1.46. The quantitative estimate of drug-likeness (QED) is 0.462. The molecule has 4 rings (SSSR count). The topological polar surface area (TPSA) is 63.7 Å². The maximum Gasteiger partial charge on any atom is 0.228 e. The van der Waals surface area contributed by atoms with E-state index >= 15 is 0 Å². The number of carbonyl (C=O) groups excluding carboxylic acids is 1. The van der Waals surface area contributed by atoms with Crippen LogP contribution in [-0.4, -0.2) is 37.2 Å². The fraction of sp³-hybridized carbons (Fsp3) is 0.429. The van der Waals surface area contributed by atoms with Gasteiger partial charge in [-0.1, -0.05) is 13.0 Å². The fourth-order valence-corrected chi connectivity index (χ4v) is 4.45. The fourth-order valence-electron chi connectivity index (χ4n) is 4.45. The lowest BCUT2D eigenvalue weighted by molar-refractivity contribution is -0.115. The van der Waals surface area contributed by atoms with Gasteiger partial charge in [-0.25, -0.2) is 4.98 Å². The van der Waals surface area contributed by atoms with Gasteiger partial charge in [0.15, 0.2) is 11.5 Å². The summed E-state index contributed by atoms with van der Waals surface area (Å²) in [5, 5.41) is 4.10. The molecule has 1 aliphatic rings. The van der Waals surface area contributed by atoms with Crippen LogP contribution in [0.2, 0.25) is 0 Å². The number of carbonyl (C=O) groups is 1. The van der Waals surface area contributed by atoms with Gasteiger partial charge >= 0.3 is 0 Å². The van der Waals surface area contributed by atoms with Crippen molar-refractivity contribution in [2.24, 2.45) is 5.92 Å². The summed E-state index contributed by atoms with van der Waals surface area (Å²) in [6, 6.07) is 13.8. The highest BCUT2D eigenvalue weighted by molar-refractivity contribution is 5.95. The van der Waals surface area contributed by atoms with Gasteiger partial charge in [-0.15, -0.1) is 0 Å². The summed E-state index contributed by atoms with van der Waals surface area (Å²) in [6.07, 6.45) is 2.68. The number of piperidine rings is 1. The molecule has 1 saturated heterocycles. The van der Waals surface area contributed by atoms with Gasteiger partial charge in [0.1, 0.15) is 5.82 Å². The number of fused-ring (bicyclic) bond motifs is 1. The van der Waals surface area contributed by atoms with Gasteiger partial charge in [-0.3, -0.25) is 4.79 Å². The Morgan fingerprint density at radius 3 is 2.50 bits per heavy atom. The highest BCUT2D eigenvalue weighted by atomic mass is 16.5. The molecule has 1 amide bonds. The molecule has 180 valence electrons. The van der Waals surface area contributed by atoms with E-state index in [0.717, 1.165) is 47.0 Å². The van der Waals surface area contributed by atoms with Crippen LogP contribution in [0.25, 0.3) is 10.9 Å². The smallest absolute Gasteiger partial charge is 0.228 e. The molecule has 0 atom stereocenters. The van der Waals surface area contributed by atoms with Crippen LogP contribution in [-0.2, 0) is 11.2 Å². The summed E-state index contributed by atoms with van der Waals surface area (Å²) in [5.41, 5.74) is 3.78. The molecule has 6 heteroatoms. The summed E-state index contributed by atoms with van der Waals surface area (Å²) < 4.78 is 11.3. The lowest BCUT2D eigenvalue weighted by Gasteiger charge is -2.31. The molecule has 1 N–H and O–H groups in total. The number of hydrogen-bond acceptors (Lipinski definition) is 5. The van der Waals surface area contributed by atoms with Crippen molar-refractivity contribution in [2.45, 2.75) is 47.0 Å². The van der Waals surface area contributed by atoms with Crippen LogP contribution in [0.1, 0.15) is 44.7 Å². The predicted molar refractivity (Wildman–Crippen MR) is 138 cm³/mol. The Hall–Kier alpha value is -3.28. The summed E-state index contributed by atoms with van der Waals surface area (Å²) in [7, 11) is 0. The molecule has 2 aromatic carbocycles. The zero-order valence-electron chi connectivity index (χ0n) is 20.7. The zero-order chi connectivity index (χ0) is 24.1. The van der Waals surface area contributed by atoms with E-state index in [0.29, 0.717) is 24.7 Å². The van der Waals surface area contributed by atoms with E-state index in [4.69, 9.17) is 14.5 Å². The van der Waals surface area contributed by atoms with Crippen molar-refractivity contribution in [3.05, 3.63) is 53.6 Å². The molecule has 1 aliphatic heterocycles. The van der Waals surface area contributed by atoms with Gasteiger partial charge in [-0.2, -0.15) is 0 Å². The SMILES string of the molecule is CCOc1ccc(CC(=O)Nc2ccc3nc(N4CCC(C)CC4)cc(C)c3c2)cc1OCC. The van der Waals surface area contributed by atoms with Crippen LogP contribution >= 0.6 is 0 Å². The number of ether oxygens (including phenoxy) is 2. The van der Waals surface area contributed by atoms with E-state index in [1.54, 1.807) is 0 Å². The second-order valence-corrected chi connectivity index (χ2v) is 9.07. The van der Waals surface area contributed by atoms with Crippen molar-refractivity contribution in [3.8, 4) is 11.5 Å². The number of amides is 1. The van der Waals surface area contributed by atoms with Crippen molar-refractivity contribution >= 4 is 28.3 Å². The third-order valence-electron chi connectivity index (χ3n) is 6.37. The molecular formula is C28H35N3O3. The van der Waals surface area contributed by atoms with E-state index in [1.165, 1.54) is 18.4 Å². The first-order valence-electron chi connectivity index (χ1n) is 12.3. The van der Waals surface area contributed by atoms with Gasteiger partial charge in [0, 0.05) is 24.2 Å². The first-order chi connectivity index (χ1) is 16.5. The molecule has 0 bridgehead atoms. The minimum Gasteiger partial charge on any atom is -0.490 e. The molecule has 0 saturated carbocycles. The standard InChI is InChI=1S/C28H35N3O3/c1-5-33-25-10-7-21(16-26(25)34-6-2)17-28(32)29-22-8-9-24-23(18-22)20(4)15-27(30-24)31-13-11-19(3)12-14-31/h7-10,15-16,18-19H,5-6,11-14,17H2,1-4H3,(H,29,32).